The lowest BCUT2D eigenvalue weighted by Gasteiger charge is -2.55. The molecule has 1 N–H and O–H groups in total. The summed E-state index contributed by atoms with van der Waals surface area (Å²) >= 11 is 0. The number of rotatable bonds is 6. The molecule has 202 valence electrons. The first-order chi connectivity index (χ1) is 18.0. The number of carbonyl (C=O) groups excluding carboxylic acids is 3. The van der Waals surface area contributed by atoms with Gasteiger partial charge in [0, 0.05) is 37.4 Å². The molecular weight excluding hydrogens is 482 g/mol. The average molecular weight is 520 g/mol. The average Bonchev–Trinajstić information content (AvgIpc) is 3.15. The zero-order valence-corrected chi connectivity index (χ0v) is 22.7. The molecule has 7 heteroatoms. The van der Waals surface area contributed by atoms with Gasteiger partial charge in [-0.05, 0) is 92.2 Å². The summed E-state index contributed by atoms with van der Waals surface area (Å²) in [7, 11) is 1.76. The first-order valence-corrected chi connectivity index (χ1v) is 13.7. The summed E-state index contributed by atoms with van der Waals surface area (Å²) in [6, 6.07) is 8.04. The Labute approximate surface area is 223 Å². The minimum Gasteiger partial charge on any atom is -0.480 e. The van der Waals surface area contributed by atoms with E-state index in [1.165, 1.54) is 18.1 Å². The summed E-state index contributed by atoms with van der Waals surface area (Å²) in [5.74, 6) is -0.726. The summed E-state index contributed by atoms with van der Waals surface area (Å²) < 4.78 is 5.98. The highest BCUT2D eigenvalue weighted by atomic mass is 16.6. The minimum absolute atomic E-state index is 0.0133. The van der Waals surface area contributed by atoms with E-state index in [1.807, 2.05) is 18.2 Å². The van der Waals surface area contributed by atoms with Crippen molar-refractivity contribution in [1.82, 2.24) is 0 Å². The molecule has 0 amide bonds. The summed E-state index contributed by atoms with van der Waals surface area (Å²) in [4.78, 5) is 50.7. The lowest BCUT2D eigenvalue weighted by atomic mass is 9.50. The van der Waals surface area contributed by atoms with Crippen LogP contribution in [-0.2, 0) is 23.9 Å². The Morgan fingerprint density at radius 2 is 1.79 bits per heavy atom. The van der Waals surface area contributed by atoms with Crippen LogP contribution in [0.5, 0.6) is 0 Å². The summed E-state index contributed by atoms with van der Waals surface area (Å²) in [5, 5.41) is 9.19. The summed E-state index contributed by atoms with van der Waals surface area (Å²) in [6.07, 6.45) is 6.92. The van der Waals surface area contributed by atoms with E-state index in [0.717, 1.165) is 42.5 Å². The lowest BCUT2D eigenvalue weighted by Crippen LogP contribution is -2.57. The fourth-order valence-corrected chi connectivity index (χ4v) is 8.27. The van der Waals surface area contributed by atoms with E-state index in [4.69, 9.17) is 4.74 Å². The third-order valence-electron chi connectivity index (χ3n) is 9.85. The third kappa shape index (κ3) is 4.11. The number of ether oxygens (including phenoxy) is 1. The van der Waals surface area contributed by atoms with Crippen molar-refractivity contribution in [3.8, 4) is 0 Å². The van der Waals surface area contributed by atoms with Gasteiger partial charge in [0.05, 0.1) is 0 Å². The smallest absolute Gasteiger partial charge is 0.323 e. The Morgan fingerprint density at radius 1 is 1.08 bits per heavy atom. The van der Waals surface area contributed by atoms with Gasteiger partial charge in [-0.1, -0.05) is 24.6 Å². The predicted molar refractivity (Wildman–Crippen MR) is 143 cm³/mol. The van der Waals surface area contributed by atoms with Crippen molar-refractivity contribution in [3.05, 3.63) is 52.6 Å². The van der Waals surface area contributed by atoms with Gasteiger partial charge in [-0.25, -0.2) is 0 Å². The van der Waals surface area contributed by atoms with Crippen LogP contribution in [-0.4, -0.2) is 47.8 Å². The number of carboxylic acid groups (broad SMARTS) is 1. The Balaban J connectivity index is 1.63. The van der Waals surface area contributed by atoms with E-state index in [0.29, 0.717) is 19.3 Å². The number of hydrogen-bond acceptors (Lipinski definition) is 6. The van der Waals surface area contributed by atoms with E-state index in [-0.39, 0.29) is 35.9 Å². The number of nitrogens with zero attached hydrogens (tertiary/aromatic N) is 1. The first kappa shape index (κ1) is 26.4. The van der Waals surface area contributed by atoms with Crippen LogP contribution in [0.3, 0.4) is 0 Å². The number of esters is 1. The molecule has 4 aliphatic rings. The number of Topliss-reactive ketones (excluding diaryl/α,β-unsaturated/α-hetero) is 1. The van der Waals surface area contributed by atoms with Crippen LogP contribution in [0.4, 0.5) is 5.69 Å². The molecule has 0 heterocycles. The third-order valence-corrected chi connectivity index (χ3v) is 9.85. The number of anilines is 1. The number of ketones is 2. The molecule has 0 unspecified atom stereocenters. The highest BCUT2D eigenvalue weighted by Gasteiger charge is 2.67. The molecule has 0 spiro atoms. The molecule has 1 aromatic carbocycles. The zero-order chi connectivity index (χ0) is 27.4. The van der Waals surface area contributed by atoms with Gasteiger partial charge in [-0.2, -0.15) is 0 Å². The molecule has 0 aliphatic heterocycles. The van der Waals surface area contributed by atoms with Gasteiger partial charge in [0.15, 0.2) is 17.2 Å². The number of fused-ring (bicyclic) bond motifs is 4. The van der Waals surface area contributed by atoms with Crippen molar-refractivity contribution in [2.24, 2.45) is 17.3 Å². The summed E-state index contributed by atoms with van der Waals surface area (Å²) in [6.45, 7) is 5.00. The number of aliphatic carboxylic acids is 1. The Kier molecular flexibility index (Phi) is 6.60. The van der Waals surface area contributed by atoms with Crippen LogP contribution < -0.4 is 4.90 Å². The molecule has 1 aromatic rings. The monoisotopic (exact) mass is 519 g/mol. The molecule has 4 aliphatic carbocycles. The molecule has 0 saturated heterocycles. The van der Waals surface area contributed by atoms with E-state index < -0.39 is 23.0 Å². The number of benzene rings is 1. The number of hydrogen-bond donors (Lipinski definition) is 1. The normalized spacial score (nSPS) is 32.1. The second kappa shape index (κ2) is 9.51. The maximum absolute atomic E-state index is 13.2. The Morgan fingerprint density at radius 3 is 2.42 bits per heavy atom. The number of allylic oxidation sites excluding steroid dienone is 4. The second-order valence-corrected chi connectivity index (χ2v) is 11.9. The van der Waals surface area contributed by atoms with Crippen LogP contribution in [0.1, 0.15) is 77.2 Å². The van der Waals surface area contributed by atoms with Crippen LogP contribution in [0.2, 0.25) is 0 Å². The number of carboxylic acids is 1. The van der Waals surface area contributed by atoms with Crippen molar-refractivity contribution in [1.29, 1.82) is 0 Å². The molecule has 5 atom stereocenters. The standard InChI is InChI=1S/C31H37NO6/c1-18(33)31(38-19(2)34)14-13-27-25-11-7-21-15-23(35)10-12-24(21)29(25)26(16-30(27,31)3)20-5-8-22(9-6-20)32(4)17-28(36)37/h5-6,8-9,15,25-27H,7,10-14,16-17H2,1-4H3,(H,36,37)/t25-,26+,27-,30-,31-/m0/s1. The van der Waals surface area contributed by atoms with Crippen molar-refractivity contribution in [2.45, 2.75) is 77.2 Å². The SMILES string of the molecule is CC(=O)O[C@]1(C(C)=O)CC[C@H]2[C@@H]3CCC4=CC(=O)CCC4=C3[C@@H](c3ccc(N(C)CC(=O)O)cc3)C[C@@]21C. The number of carbonyl (C=O) groups is 4. The predicted octanol–water partition coefficient (Wildman–Crippen LogP) is 5.00. The van der Waals surface area contributed by atoms with Crippen molar-refractivity contribution in [3.63, 3.8) is 0 Å². The highest BCUT2D eigenvalue weighted by molar-refractivity contribution is 5.93. The van der Waals surface area contributed by atoms with E-state index in [1.54, 1.807) is 18.9 Å². The van der Waals surface area contributed by atoms with E-state index >= 15 is 0 Å². The van der Waals surface area contributed by atoms with Gasteiger partial charge < -0.3 is 14.7 Å². The highest BCUT2D eigenvalue weighted by Crippen LogP contribution is 2.67. The Bertz CT molecular complexity index is 1260. The summed E-state index contributed by atoms with van der Waals surface area (Å²) in [5.41, 5.74) is 4.13. The van der Waals surface area contributed by atoms with Gasteiger partial charge in [-0.15, -0.1) is 0 Å². The van der Waals surface area contributed by atoms with Gasteiger partial charge >= 0.3 is 11.9 Å². The number of likely N-dealkylation sites (N-methyl/N-ethyl adjacent to an activating group) is 1. The maximum atomic E-state index is 13.2. The van der Waals surface area contributed by atoms with Gasteiger partial charge in [0.25, 0.3) is 0 Å². The van der Waals surface area contributed by atoms with Crippen molar-refractivity contribution in [2.75, 3.05) is 18.5 Å². The first-order valence-electron chi connectivity index (χ1n) is 13.7. The van der Waals surface area contributed by atoms with Crippen LogP contribution in [0.25, 0.3) is 0 Å². The topological polar surface area (TPSA) is 101 Å². The molecule has 0 radical (unpaired) electrons. The molecule has 7 nitrogen and oxygen atoms in total. The fourth-order valence-electron chi connectivity index (χ4n) is 8.27. The molecule has 0 bridgehead atoms. The zero-order valence-electron chi connectivity index (χ0n) is 22.7. The molecular formula is C31H37NO6. The van der Waals surface area contributed by atoms with Crippen LogP contribution >= 0.6 is 0 Å². The molecule has 0 aromatic heterocycles. The van der Waals surface area contributed by atoms with Crippen molar-refractivity contribution >= 4 is 29.2 Å². The van der Waals surface area contributed by atoms with Gasteiger partial charge in [0.1, 0.15) is 6.54 Å². The van der Waals surface area contributed by atoms with Crippen LogP contribution in [0.15, 0.2) is 47.1 Å². The van der Waals surface area contributed by atoms with Gasteiger partial charge in [0.2, 0.25) is 0 Å². The van der Waals surface area contributed by atoms with E-state index in [2.05, 4.69) is 19.1 Å². The Hall–Kier alpha value is -3.22. The van der Waals surface area contributed by atoms with Gasteiger partial charge in [-0.3, -0.25) is 19.2 Å². The van der Waals surface area contributed by atoms with Crippen LogP contribution in [0, 0.1) is 17.3 Å². The largest absolute Gasteiger partial charge is 0.480 e. The second-order valence-electron chi connectivity index (χ2n) is 11.9. The molecule has 38 heavy (non-hydrogen) atoms. The molecule has 5 rings (SSSR count). The molecule has 2 fully saturated rings. The van der Waals surface area contributed by atoms with E-state index in [9.17, 15) is 24.3 Å². The minimum atomic E-state index is -1.14. The maximum Gasteiger partial charge on any atom is 0.323 e. The molecule has 2 saturated carbocycles. The van der Waals surface area contributed by atoms with Crippen molar-refractivity contribution < 1.29 is 29.0 Å². The fraction of sp³-hybridized carbons (Fsp3) is 0.548. The lowest BCUT2D eigenvalue weighted by molar-refractivity contribution is -0.182. The quantitative estimate of drug-likeness (QED) is 0.528.